The van der Waals surface area contributed by atoms with E-state index in [0.29, 0.717) is 12.8 Å². The van der Waals surface area contributed by atoms with E-state index in [1.165, 1.54) is 0 Å². The first-order chi connectivity index (χ1) is 15.4. The van der Waals surface area contributed by atoms with Crippen molar-refractivity contribution in [2.45, 2.75) is 96.8 Å². The van der Waals surface area contributed by atoms with Crippen LogP contribution in [0.5, 0.6) is 0 Å². The maximum absolute atomic E-state index is 11.4. The van der Waals surface area contributed by atoms with Crippen molar-refractivity contribution in [3.05, 3.63) is 0 Å². The monoisotopic (exact) mass is 413 g/mol. The lowest BCUT2D eigenvalue weighted by atomic mass is 9.43. The molecule has 0 heterocycles. The van der Waals surface area contributed by atoms with Crippen LogP contribution in [-0.2, 0) is 4.79 Å². The number of carbonyl (C=O) groups is 1. The van der Waals surface area contributed by atoms with Crippen molar-refractivity contribution in [1.29, 1.82) is 0 Å². The average Bonchev–Trinajstić information content (AvgIpc) is 3.05. The second kappa shape index (κ2) is 7.49. The Balaban J connectivity index is 1.70. The molecular weight excluding hydrogens is 368 g/mol. The maximum Gasteiger partial charge on any atom is 0.303 e. The zero-order chi connectivity index (χ0) is 25.6. The summed E-state index contributed by atoms with van der Waals surface area (Å²) >= 11 is 0. The number of carboxylic acids is 1. The molecule has 4 rings (SSSR count). The molecule has 0 spiro atoms. The van der Waals surface area contributed by atoms with E-state index in [1.807, 2.05) is 0 Å². The van der Waals surface area contributed by atoms with Gasteiger partial charge in [0.25, 0.3) is 0 Å². The number of rotatable bonds is 4. The van der Waals surface area contributed by atoms with Crippen molar-refractivity contribution in [2.24, 2.45) is 46.3 Å². The van der Waals surface area contributed by atoms with Gasteiger partial charge in [-0.15, -0.1) is 0 Å². The Labute approximate surface area is 181 Å². The first kappa shape index (κ1) is 16.0. The lowest BCUT2D eigenvalue weighted by Crippen LogP contribution is -2.64. The Morgan fingerprint density at radius 2 is 1.76 bits per heavy atom. The minimum absolute atomic E-state index is 0.0551. The molecular formula is C24H40O5. The minimum atomic E-state index is -3.04. The van der Waals surface area contributed by atoms with Gasteiger partial charge < -0.3 is 20.4 Å². The van der Waals surface area contributed by atoms with E-state index in [4.69, 9.17) is 12.0 Å². The van der Waals surface area contributed by atoms with Crippen LogP contribution < -0.4 is 0 Å². The predicted molar refractivity (Wildman–Crippen MR) is 110 cm³/mol. The number of aliphatic carboxylic acids is 1. The van der Waals surface area contributed by atoms with Gasteiger partial charge in [-0.05, 0) is 97.6 Å². The summed E-state index contributed by atoms with van der Waals surface area (Å²) in [6, 6.07) is 0. The maximum atomic E-state index is 11.4. The third kappa shape index (κ3) is 3.27. The van der Waals surface area contributed by atoms with Gasteiger partial charge in [0.2, 0.25) is 0 Å². The fraction of sp³-hybridized carbons (Fsp3) is 0.958. The van der Waals surface area contributed by atoms with Gasteiger partial charge in [-0.3, -0.25) is 4.79 Å². The van der Waals surface area contributed by atoms with Crippen LogP contribution in [0.15, 0.2) is 0 Å². The summed E-state index contributed by atoms with van der Waals surface area (Å²) in [5.41, 5.74) is -1.18. The SMILES string of the molecule is [2H]C1([2H])C[C@@]2(C)[C@H]([C@@H](O)[C@H](O)[C@@H]3[C@@H]2CC[C@]2(C)[C@@H]([C@H](C)CCC(=O)O)CC[C@@H]32)C([2H])([2H])[C@]1([2H])O. The van der Waals surface area contributed by atoms with E-state index in [2.05, 4.69) is 13.8 Å². The van der Waals surface area contributed by atoms with Crippen LogP contribution >= 0.6 is 0 Å². The molecule has 4 saturated carbocycles. The van der Waals surface area contributed by atoms with E-state index >= 15 is 0 Å². The van der Waals surface area contributed by atoms with Crippen molar-refractivity contribution in [1.82, 2.24) is 0 Å². The van der Waals surface area contributed by atoms with Crippen molar-refractivity contribution in [3.63, 3.8) is 0 Å². The van der Waals surface area contributed by atoms with Crippen molar-refractivity contribution in [3.8, 4) is 0 Å². The first-order valence-corrected chi connectivity index (χ1v) is 11.2. The molecule has 5 heteroatoms. The summed E-state index contributed by atoms with van der Waals surface area (Å²) in [5, 5.41) is 42.4. The molecule has 4 aliphatic rings. The highest BCUT2D eigenvalue weighted by Crippen LogP contribution is 2.68. The number of hydrogen-bond acceptors (Lipinski definition) is 4. The van der Waals surface area contributed by atoms with E-state index in [0.717, 1.165) is 19.3 Å². The molecule has 5 nitrogen and oxygen atoms in total. The van der Waals surface area contributed by atoms with Gasteiger partial charge >= 0.3 is 5.97 Å². The Morgan fingerprint density at radius 1 is 1.07 bits per heavy atom. The summed E-state index contributed by atoms with van der Waals surface area (Å²) in [6.45, 7) is 6.08. The number of hydrogen-bond donors (Lipinski definition) is 4. The van der Waals surface area contributed by atoms with Crippen molar-refractivity contribution >= 4 is 5.97 Å². The van der Waals surface area contributed by atoms with Crippen LogP contribution in [0, 0.1) is 46.3 Å². The van der Waals surface area contributed by atoms with E-state index in [1.54, 1.807) is 6.92 Å². The second-order valence-corrected chi connectivity index (χ2v) is 10.7. The highest BCUT2D eigenvalue weighted by molar-refractivity contribution is 5.66. The third-order valence-electron chi connectivity index (χ3n) is 9.48. The normalized spacial score (nSPS) is 61.4. The zero-order valence-corrected chi connectivity index (χ0v) is 17.8. The van der Waals surface area contributed by atoms with E-state index in [-0.39, 0.29) is 47.8 Å². The van der Waals surface area contributed by atoms with Gasteiger partial charge in [0.15, 0.2) is 0 Å². The quantitative estimate of drug-likeness (QED) is 0.566. The standard InChI is InChI=1S/C24H40O5/c1-13(4-7-19(26)27)15-5-6-16-20-17(9-11-23(15,16)2)24(3)10-8-14(25)12-18(24)21(28)22(20)29/h13-18,20-22,25,28-29H,4-12H2,1-3H3,(H,26,27)/t13-,14-,15-,16+,17+,18+,20+,21-,22-,23-,24-/m1/s1/i8D2,12D2,14D. The topological polar surface area (TPSA) is 98.0 Å². The lowest BCUT2D eigenvalue weighted by Gasteiger charge is -2.63. The Morgan fingerprint density at radius 3 is 2.45 bits per heavy atom. The predicted octanol–water partition coefficient (Wildman–Crippen LogP) is 3.45. The summed E-state index contributed by atoms with van der Waals surface area (Å²) in [5.74, 6) is -2.12. The summed E-state index contributed by atoms with van der Waals surface area (Å²) in [6.07, 6.45) is -7.42. The largest absolute Gasteiger partial charge is 0.481 e. The van der Waals surface area contributed by atoms with Crippen LogP contribution in [0.1, 0.15) is 85.3 Å². The van der Waals surface area contributed by atoms with Gasteiger partial charge in [0.1, 0.15) is 0 Å². The van der Waals surface area contributed by atoms with Gasteiger partial charge in [-0.2, -0.15) is 0 Å². The van der Waals surface area contributed by atoms with Gasteiger partial charge in [-0.1, -0.05) is 20.8 Å². The summed E-state index contributed by atoms with van der Waals surface area (Å²) < 4.78 is 42.2. The Kier molecular flexibility index (Phi) is 4.15. The minimum Gasteiger partial charge on any atom is -0.481 e. The zero-order valence-electron chi connectivity index (χ0n) is 22.8. The lowest BCUT2D eigenvalue weighted by molar-refractivity contribution is -0.223. The van der Waals surface area contributed by atoms with Crippen LogP contribution in [-0.4, -0.2) is 44.7 Å². The van der Waals surface area contributed by atoms with Crippen molar-refractivity contribution in [2.75, 3.05) is 0 Å². The molecule has 0 aromatic rings. The van der Waals surface area contributed by atoms with Crippen LogP contribution in [0.3, 0.4) is 0 Å². The highest BCUT2D eigenvalue weighted by Gasteiger charge is 2.65. The Bertz CT molecular complexity index is 837. The molecule has 0 saturated heterocycles. The van der Waals surface area contributed by atoms with Crippen LogP contribution in [0.25, 0.3) is 0 Å². The molecule has 0 aromatic carbocycles. The number of carboxylic acid groups (broad SMARTS) is 1. The Hall–Kier alpha value is -0.650. The highest BCUT2D eigenvalue weighted by atomic mass is 16.4. The molecule has 0 bridgehead atoms. The van der Waals surface area contributed by atoms with Gasteiger partial charge in [0, 0.05) is 11.9 Å². The molecule has 4 fully saturated rings. The fourth-order valence-electron chi connectivity index (χ4n) is 7.98. The average molecular weight is 414 g/mol. The second-order valence-electron chi connectivity index (χ2n) is 10.7. The van der Waals surface area contributed by atoms with E-state index < -0.39 is 48.3 Å². The summed E-state index contributed by atoms with van der Waals surface area (Å²) in [4.78, 5) is 11.1. The summed E-state index contributed by atoms with van der Waals surface area (Å²) in [7, 11) is 0. The van der Waals surface area contributed by atoms with Gasteiger partial charge in [0.05, 0.1) is 19.7 Å². The third-order valence-corrected chi connectivity index (χ3v) is 9.48. The molecule has 166 valence electrons. The molecule has 0 radical (unpaired) electrons. The molecule has 0 unspecified atom stereocenters. The smallest absolute Gasteiger partial charge is 0.303 e. The molecule has 29 heavy (non-hydrogen) atoms. The molecule has 11 atom stereocenters. The fourth-order valence-corrected chi connectivity index (χ4v) is 7.98. The van der Waals surface area contributed by atoms with Crippen molar-refractivity contribution < 1.29 is 32.1 Å². The molecule has 4 N–H and O–H groups in total. The number of aliphatic hydroxyl groups excluding tert-OH is 2. The van der Waals surface area contributed by atoms with Crippen LogP contribution in [0.4, 0.5) is 0 Å². The first-order valence-electron chi connectivity index (χ1n) is 13.7. The molecule has 0 amide bonds. The van der Waals surface area contributed by atoms with E-state index in [9.17, 15) is 20.1 Å². The van der Waals surface area contributed by atoms with Crippen LogP contribution in [0.2, 0.25) is 0 Å². The molecule has 0 aromatic heterocycles. The number of aliphatic hydroxyl groups is 3. The van der Waals surface area contributed by atoms with Gasteiger partial charge in [-0.25, -0.2) is 0 Å². The molecule has 4 aliphatic carbocycles. The number of fused-ring (bicyclic) bond motifs is 5. The molecule has 0 aliphatic heterocycles.